The highest BCUT2D eigenvalue weighted by atomic mass is 15.2. The van der Waals surface area contributed by atoms with Crippen molar-refractivity contribution >= 4 is 27.9 Å². The van der Waals surface area contributed by atoms with E-state index in [-0.39, 0.29) is 5.41 Å². The van der Waals surface area contributed by atoms with Gasteiger partial charge >= 0.3 is 0 Å². The van der Waals surface area contributed by atoms with Crippen molar-refractivity contribution in [2.45, 2.75) is 90.6 Å². The van der Waals surface area contributed by atoms with Crippen LogP contribution >= 0.6 is 0 Å². The first-order valence-corrected chi connectivity index (χ1v) is 14.0. The van der Waals surface area contributed by atoms with Crippen molar-refractivity contribution in [1.29, 1.82) is 0 Å². The Hall–Kier alpha value is -2.93. The largest absolute Gasteiger partial charge is 0.383 e. The van der Waals surface area contributed by atoms with E-state index in [1.807, 2.05) is 0 Å². The number of imidazole rings is 1. The van der Waals surface area contributed by atoms with E-state index in [0.717, 1.165) is 53.2 Å². The molecule has 0 bridgehead atoms. The number of nitrogens with two attached hydrogens (primary N) is 1. The van der Waals surface area contributed by atoms with Crippen molar-refractivity contribution in [2.24, 2.45) is 5.92 Å². The van der Waals surface area contributed by atoms with Gasteiger partial charge in [0.25, 0.3) is 0 Å². The summed E-state index contributed by atoms with van der Waals surface area (Å²) in [7, 11) is 0. The summed E-state index contributed by atoms with van der Waals surface area (Å²) in [6.45, 7) is 13.7. The van der Waals surface area contributed by atoms with E-state index in [1.54, 1.807) is 6.33 Å². The number of nitrogens with zero attached hydrogens (tertiary/aromatic N) is 5. The molecular weight excluding hydrogens is 458 g/mol. The fourth-order valence-corrected chi connectivity index (χ4v) is 5.90. The lowest BCUT2D eigenvalue weighted by molar-refractivity contribution is 0.183. The second-order valence-corrected chi connectivity index (χ2v) is 12.3. The highest BCUT2D eigenvalue weighted by molar-refractivity contribution is 5.86. The van der Waals surface area contributed by atoms with Crippen LogP contribution in [-0.4, -0.2) is 48.5 Å². The zero-order chi connectivity index (χ0) is 26.2. The Morgan fingerprint density at radius 3 is 2.76 bits per heavy atom. The predicted molar refractivity (Wildman–Crippen MR) is 153 cm³/mol. The number of anilines is 1. The molecule has 0 aliphatic heterocycles. The minimum atomic E-state index is 0.150. The fraction of sp³-hybridized carbons (Fsp3) is 0.567. The van der Waals surface area contributed by atoms with Crippen LogP contribution in [0.25, 0.3) is 22.1 Å². The molecule has 1 saturated carbocycles. The number of aryl methyl sites for hydroxylation is 1. The molecule has 3 heterocycles. The molecule has 5 rings (SSSR count). The van der Waals surface area contributed by atoms with E-state index < -0.39 is 0 Å². The Morgan fingerprint density at radius 2 is 1.97 bits per heavy atom. The lowest BCUT2D eigenvalue weighted by atomic mass is 9.87. The summed E-state index contributed by atoms with van der Waals surface area (Å²) in [5.41, 5.74) is 10.8. The minimum Gasteiger partial charge on any atom is -0.383 e. The second kappa shape index (κ2) is 10.4. The highest BCUT2D eigenvalue weighted by Gasteiger charge is 2.29. The Kier molecular flexibility index (Phi) is 7.26. The molecule has 1 aromatic carbocycles. The number of nitrogens with one attached hydrogen (secondary N) is 1. The topological polar surface area (TPSA) is 88.7 Å². The summed E-state index contributed by atoms with van der Waals surface area (Å²) >= 11 is 0. The molecule has 7 nitrogen and oxygen atoms in total. The zero-order valence-electron chi connectivity index (χ0n) is 23.2. The minimum absolute atomic E-state index is 0.150. The molecule has 1 aliphatic rings. The average molecular weight is 502 g/mol. The first-order valence-electron chi connectivity index (χ1n) is 14.0. The first kappa shape index (κ1) is 25.7. The second-order valence-electron chi connectivity index (χ2n) is 12.3. The van der Waals surface area contributed by atoms with Crippen molar-refractivity contribution < 1.29 is 0 Å². The summed E-state index contributed by atoms with van der Waals surface area (Å²) < 4.78 is 2.32. The predicted octanol–water partition coefficient (Wildman–Crippen LogP) is 6.26. The van der Waals surface area contributed by atoms with Gasteiger partial charge in [0.1, 0.15) is 23.6 Å². The third kappa shape index (κ3) is 5.66. The third-order valence-electron chi connectivity index (χ3n) is 8.18. The van der Waals surface area contributed by atoms with Crippen LogP contribution in [0.4, 0.5) is 5.82 Å². The maximum atomic E-state index is 6.05. The normalized spacial score (nSPS) is 18.7. The molecule has 4 aromatic rings. The van der Waals surface area contributed by atoms with Crippen LogP contribution < -0.4 is 5.73 Å². The lowest BCUT2D eigenvalue weighted by Crippen LogP contribution is -2.35. The first-order chi connectivity index (χ1) is 17.7. The van der Waals surface area contributed by atoms with Gasteiger partial charge in [-0.15, -0.1) is 0 Å². The molecule has 1 fully saturated rings. The van der Waals surface area contributed by atoms with Gasteiger partial charge in [-0.1, -0.05) is 26.8 Å². The van der Waals surface area contributed by atoms with Gasteiger partial charge < -0.3 is 20.2 Å². The summed E-state index contributed by atoms with van der Waals surface area (Å²) in [4.78, 5) is 19.7. The smallest absolute Gasteiger partial charge is 0.145 e. The molecule has 0 amide bonds. The van der Waals surface area contributed by atoms with Gasteiger partial charge in [0.05, 0.1) is 16.4 Å². The van der Waals surface area contributed by atoms with Crippen LogP contribution in [0.2, 0.25) is 0 Å². The number of aromatic nitrogens is 5. The quantitative estimate of drug-likeness (QED) is 0.264. The van der Waals surface area contributed by atoms with Crippen LogP contribution in [0, 0.1) is 5.92 Å². The number of hydrogen-bond acceptors (Lipinski definition) is 5. The Bertz CT molecular complexity index is 1340. The Labute approximate surface area is 220 Å². The standard InChI is InChI=1S/C30H43N7/c1-20(2)36(14-7-6-8-27-34-25-12-10-22(30(3,4)5)17-26(25)35-27)18-21-9-11-23(16-21)37-15-13-24-28(31)32-19-33-29(24)37/h10,12-13,15,17,19-21,23H,6-9,11,14,16,18H2,1-5H3,(H,34,35)(H2,31,32,33). The molecule has 2 unspecified atom stereocenters. The van der Waals surface area contributed by atoms with Gasteiger partial charge in [0.2, 0.25) is 0 Å². The van der Waals surface area contributed by atoms with Crippen molar-refractivity contribution in [1.82, 2.24) is 29.4 Å². The van der Waals surface area contributed by atoms with E-state index in [0.29, 0.717) is 17.9 Å². The van der Waals surface area contributed by atoms with Crippen LogP contribution in [0.3, 0.4) is 0 Å². The summed E-state index contributed by atoms with van der Waals surface area (Å²) in [5.74, 6) is 2.40. The molecule has 198 valence electrons. The van der Waals surface area contributed by atoms with Gasteiger partial charge in [-0.05, 0) is 87.6 Å². The number of aromatic amines is 1. The summed E-state index contributed by atoms with van der Waals surface area (Å²) in [6.07, 6.45) is 10.7. The summed E-state index contributed by atoms with van der Waals surface area (Å²) in [6, 6.07) is 9.75. The maximum absolute atomic E-state index is 6.05. The lowest BCUT2D eigenvalue weighted by Gasteiger charge is -2.29. The van der Waals surface area contributed by atoms with Crippen LogP contribution in [0.1, 0.15) is 84.2 Å². The van der Waals surface area contributed by atoms with E-state index in [2.05, 4.69) is 89.5 Å². The van der Waals surface area contributed by atoms with Gasteiger partial charge in [-0.25, -0.2) is 15.0 Å². The highest BCUT2D eigenvalue weighted by Crippen LogP contribution is 2.37. The van der Waals surface area contributed by atoms with Crippen molar-refractivity contribution in [2.75, 3.05) is 18.8 Å². The molecule has 3 N–H and O–H groups in total. The van der Waals surface area contributed by atoms with E-state index in [1.165, 1.54) is 37.8 Å². The third-order valence-corrected chi connectivity index (χ3v) is 8.18. The molecular formula is C30H43N7. The molecule has 0 saturated heterocycles. The number of fused-ring (bicyclic) bond motifs is 2. The van der Waals surface area contributed by atoms with Gasteiger partial charge in [-0.3, -0.25) is 0 Å². The van der Waals surface area contributed by atoms with Crippen molar-refractivity contribution in [3.63, 3.8) is 0 Å². The van der Waals surface area contributed by atoms with Gasteiger partial charge in [-0.2, -0.15) is 0 Å². The molecule has 1 aliphatic carbocycles. The van der Waals surface area contributed by atoms with Crippen molar-refractivity contribution in [3.05, 3.63) is 48.2 Å². The number of hydrogen-bond donors (Lipinski definition) is 2. The number of benzene rings is 1. The van der Waals surface area contributed by atoms with Gasteiger partial charge in [0, 0.05) is 31.2 Å². The van der Waals surface area contributed by atoms with Crippen LogP contribution in [-0.2, 0) is 11.8 Å². The number of H-pyrrole nitrogens is 1. The van der Waals surface area contributed by atoms with E-state index in [4.69, 9.17) is 10.7 Å². The number of nitrogen functional groups attached to an aromatic ring is 1. The van der Waals surface area contributed by atoms with Gasteiger partial charge in [0.15, 0.2) is 0 Å². The molecule has 2 atom stereocenters. The van der Waals surface area contributed by atoms with E-state index >= 15 is 0 Å². The monoisotopic (exact) mass is 501 g/mol. The molecule has 3 aromatic heterocycles. The van der Waals surface area contributed by atoms with Crippen LogP contribution in [0.5, 0.6) is 0 Å². The molecule has 7 heteroatoms. The Morgan fingerprint density at radius 1 is 1.14 bits per heavy atom. The molecule has 0 radical (unpaired) electrons. The zero-order valence-corrected chi connectivity index (χ0v) is 23.2. The number of rotatable bonds is 9. The maximum Gasteiger partial charge on any atom is 0.145 e. The molecule has 0 spiro atoms. The number of unbranched alkanes of at least 4 members (excludes halogenated alkanes) is 1. The Balaban J connectivity index is 1.13. The van der Waals surface area contributed by atoms with E-state index in [9.17, 15) is 0 Å². The fourth-order valence-electron chi connectivity index (χ4n) is 5.90. The van der Waals surface area contributed by atoms with Crippen molar-refractivity contribution in [3.8, 4) is 0 Å². The molecule has 37 heavy (non-hydrogen) atoms. The van der Waals surface area contributed by atoms with Crippen LogP contribution in [0.15, 0.2) is 36.8 Å². The summed E-state index contributed by atoms with van der Waals surface area (Å²) in [5, 5.41) is 0.967. The SMILES string of the molecule is CC(C)N(CCCCc1nc2ccc(C(C)(C)C)cc2[nH]1)CC1CCC(n2ccc3c(N)ncnc32)C1. The average Bonchev–Trinajstić information content (AvgIpc) is 3.57.